The van der Waals surface area contributed by atoms with Gasteiger partial charge in [0.25, 0.3) is 0 Å². The summed E-state index contributed by atoms with van der Waals surface area (Å²) in [6.45, 7) is 7.65. The fraction of sp³-hybridized carbons (Fsp3) is 0.435. The molecule has 0 unspecified atom stereocenters. The fourth-order valence-corrected chi connectivity index (χ4v) is 4.18. The smallest absolute Gasteiger partial charge is 0.353 e. The van der Waals surface area contributed by atoms with E-state index in [0.717, 1.165) is 16.6 Å². The first-order valence-electron chi connectivity index (χ1n) is 11.1. The molecule has 1 aliphatic heterocycles. The maximum atomic E-state index is 12.3. The molecule has 0 saturated carbocycles. The molecule has 0 spiro atoms. The highest BCUT2D eigenvalue weighted by Crippen LogP contribution is 2.35. The number of piperazine rings is 1. The first-order valence-corrected chi connectivity index (χ1v) is 11.1. The molecule has 1 fully saturated rings. The number of nitro groups is 1. The van der Waals surface area contributed by atoms with E-state index < -0.39 is 16.5 Å². The van der Waals surface area contributed by atoms with Crippen molar-refractivity contribution >= 4 is 39.9 Å². The Morgan fingerprint density at radius 3 is 2.56 bits per heavy atom. The van der Waals surface area contributed by atoms with Crippen LogP contribution in [0.4, 0.5) is 23.0 Å². The molecule has 0 atom stereocenters. The number of hydrogen-bond acceptors (Lipinski definition) is 9. The number of esters is 1. The highest BCUT2D eigenvalue weighted by atomic mass is 16.6. The zero-order valence-electron chi connectivity index (χ0n) is 19.8. The molecular formula is C23H29N7O4. The summed E-state index contributed by atoms with van der Waals surface area (Å²) >= 11 is 0. The molecule has 11 nitrogen and oxygen atoms in total. The number of likely N-dealkylation sites (N-methyl/N-ethyl adjacent to an activating group) is 1. The van der Waals surface area contributed by atoms with Gasteiger partial charge in [-0.1, -0.05) is 6.07 Å². The monoisotopic (exact) mass is 467 g/mol. The molecule has 1 N–H and O–H groups in total. The number of aromatic amines is 1. The molecule has 1 saturated heterocycles. The molecule has 0 bridgehead atoms. The molecule has 0 amide bonds. The number of nitrogens with zero attached hydrogens (tertiary/aromatic N) is 6. The average molecular weight is 468 g/mol. The van der Waals surface area contributed by atoms with Gasteiger partial charge in [-0.25, -0.2) is 9.97 Å². The summed E-state index contributed by atoms with van der Waals surface area (Å²) in [5.41, 5.74) is 1.35. The SMILES string of the molecule is CN(CC(=O)OC(C)(C)C)c1ncnc(N2CCN(c3cccc4[nH]ccc34)CC2)c1[N+](=O)[O-]. The largest absolute Gasteiger partial charge is 0.459 e. The molecule has 11 heteroatoms. The van der Waals surface area contributed by atoms with Crippen LogP contribution in [0.5, 0.6) is 0 Å². The van der Waals surface area contributed by atoms with Crippen LogP contribution in [0.3, 0.4) is 0 Å². The standard InChI is InChI=1S/C23H29N7O4/c1-23(2,3)34-19(31)14-27(4)21-20(30(32)33)22(26-15-25-21)29-12-10-28(11-13-29)18-7-5-6-17-16(18)8-9-24-17/h5-9,15,24H,10-14H2,1-4H3. The van der Waals surface area contributed by atoms with Crippen LogP contribution in [-0.2, 0) is 9.53 Å². The number of benzene rings is 1. The quantitative estimate of drug-likeness (QED) is 0.331. The number of fused-ring (bicyclic) bond motifs is 1. The Labute approximate surface area is 197 Å². The van der Waals surface area contributed by atoms with E-state index >= 15 is 0 Å². The van der Waals surface area contributed by atoms with Gasteiger partial charge in [0.05, 0.1) is 4.92 Å². The lowest BCUT2D eigenvalue weighted by molar-refractivity contribution is -0.383. The van der Waals surface area contributed by atoms with Crippen molar-refractivity contribution in [3.8, 4) is 0 Å². The lowest BCUT2D eigenvalue weighted by atomic mass is 10.1. The Kier molecular flexibility index (Phi) is 6.27. The summed E-state index contributed by atoms with van der Waals surface area (Å²) in [4.78, 5) is 41.0. The molecule has 0 aliphatic carbocycles. The van der Waals surface area contributed by atoms with Crippen molar-refractivity contribution in [2.75, 3.05) is 54.5 Å². The first-order chi connectivity index (χ1) is 16.1. The van der Waals surface area contributed by atoms with E-state index in [-0.39, 0.29) is 23.9 Å². The van der Waals surface area contributed by atoms with Gasteiger partial charge in [0.1, 0.15) is 18.5 Å². The zero-order valence-corrected chi connectivity index (χ0v) is 19.8. The van der Waals surface area contributed by atoms with Crippen molar-refractivity contribution in [1.29, 1.82) is 0 Å². The number of aromatic nitrogens is 3. The summed E-state index contributed by atoms with van der Waals surface area (Å²) in [5.74, 6) is -0.150. The Bertz CT molecular complexity index is 1200. The van der Waals surface area contributed by atoms with Gasteiger partial charge in [0, 0.05) is 56.0 Å². The maximum absolute atomic E-state index is 12.3. The van der Waals surface area contributed by atoms with Gasteiger partial charge >= 0.3 is 11.7 Å². The van der Waals surface area contributed by atoms with Crippen LogP contribution < -0.4 is 14.7 Å². The normalized spacial score (nSPS) is 14.4. The Morgan fingerprint density at radius 2 is 1.88 bits per heavy atom. The molecule has 0 radical (unpaired) electrons. The number of hydrogen-bond donors (Lipinski definition) is 1. The van der Waals surface area contributed by atoms with Gasteiger partial charge < -0.3 is 24.4 Å². The molecule has 1 aromatic carbocycles. The topological polar surface area (TPSA) is 121 Å². The lowest BCUT2D eigenvalue weighted by Crippen LogP contribution is -2.47. The number of rotatable bonds is 6. The number of ether oxygens (including phenoxy) is 1. The first kappa shape index (κ1) is 23.3. The fourth-order valence-electron chi connectivity index (χ4n) is 4.18. The molecule has 34 heavy (non-hydrogen) atoms. The molecular weight excluding hydrogens is 438 g/mol. The van der Waals surface area contributed by atoms with E-state index in [4.69, 9.17) is 4.74 Å². The highest BCUT2D eigenvalue weighted by Gasteiger charge is 2.32. The zero-order chi connectivity index (χ0) is 24.5. The van der Waals surface area contributed by atoms with E-state index in [1.165, 1.54) is 11.2 Å². The average Bonchev–Trinajstić information content (AvgIpc) is 3.26. The second-order valence-corrected chi connectivity index (χ2v) is 9.26. The van der Waals surface area contributed by atoms with Gasteiger partial charge in [0.2, 0.25) is 11.6 Å². The summed E-state index contributed by atoms with van der Waals surface area (Å²) < 4.78 is 5.34. The lowest BCUT2D eigenvalue weighted by Gasteiger charge is -2.37. The van der Waals surface area contributed by atoms with Crippen molar-refractivity contribution in [2.45, 2.75) is 26.4 Å². The number of nitrogens with one attached hydrogen (secondary N) is 1. The van der Waals surface area contributed by atoms with E-state index in [1.807, 2.05) is 23.2 Å². The van der Waals surface area contributed by atoms with Crippen molar-refractivity contribution in [3.05, 3.63) is 46.9 Å². The molecule has 3 aromatic rings. The van der Waals surface area contributed by atoms with Gasteiger partial charge in [-0.15, -0.1) is 0 Å². The minimum Gasteiger partial charge on any atom is -0.459 e. The summed E-state index contributed by atoms with van der Waals surface area (Å²) in [7, 11) is 1.58. The summed E-state index contributed by atoms with van der Waals surface area (Å²) in [5, 5.41) is 13.2. The van der Waals surface area contributed by atoms with Crippen molar-refractivity contribution in [2.24, 2.45) is 0 Å². The second-order valence-electron chi connectivity index (χ2n) is 9.26. The van der Waals surface area contributed by atoms with Crippen molar-refractivity contribution in [3.63, 3.8) is 0 Å². The van der Waals surface area contributed by atoms with Gasteiger partial charge in [-0.05, 0) is 39.0 Å². The van der Waals surface area contributed by atoms with Gasteiger partial charge in [-0.2, -0.15) is 0 Å². The maximum Gasteiger partial charge on any atom is 0.353 e. The number of carbonyl (C=O) groups is 1. The molecule has 180 valence electrons. The third kappa shape index (κ3) is 4.87. The van der Waals surface area contributed by atoms with Crippen LogP contribution in [0.2, 0.25) is 0 Å². The number of carbonyl (C=O) groups excluding carboxylic acids is 1. The minimum absolute atomic E-state index is 0.0837. The third-order valence-corrected chi connectivity index (χ3v) is 5.61. The predicted octanol–water partition coefficient (Wildman–Crippen LogP) is 2.97. The minimum atomic E-state index is -0.648. The summed E-state index contributed by atoms with van der Waals surface area (Å²) in [6.07, 6.45) is 3.22. The number of H-pyrrole nitrogens is 1. The van der Waals surface area contributed by atoms with Crippen molar-refractivity contribution in [1.82, 2.24) is 15.0 Å². The van der Waals surface area contributed by atoms with E-state index in [1.54, 1.807) is 27.8 Å². The second kappa shape index (κ2) is 9.16. The van der Waals surface area contributed by atoms with E-state index in [9.17, 15) is 14.9 Å². The molecule has 1 aliphatic rings. The Hall–Kier alpha value is -3.89. The Balaban J connectivity index is 1.53. The van der Waals surface area contributed by atoms with E-state index in [0.29, 0.717) is 26.2 Å². The van der Waals surface area contributed by atoms with Crippen LogP contribution >= 0.6 is 0 Å². The Morgan fingerprint density at radius 1 is 1.18 bits per heavy atom. The third-order valence-electron chi connectivity index (χ3n) is 5.61. The van der Waals surface area contributed by atoms with Crippen molar-refractivity contribution < 1.29 is 14.5 Å². The van der Waals surface area contributed by atoms with Crippen LogP contribution in [-0.4, -0.2) is 71.2 Å². The number of anilines is 3. The van der Waals surface area contributed by atoms with Crippen LogP contribution in [0, 0.1) is 10.1 Å². The van der Waals surface area contributed by atoms with Crippen LogP contribution in [0.1, 0.15) is 20.8 Å². The van der Waals surface area contributed by atoms with Crippen LogP contribution in [0.25, 0.3) is 10.9 Å². The van der Waals surface area contributed by atoms with Gasteiger partial charge in [0.15, 0.2) is 0 Å². The predicted molar refractivity (Wildman–Crippen MR) is 131 cm³/mol. The van der Waals surface area contributed by atoms with Gasteiger partial charge in [-0.3, -0.25) is 14.9 Å². The molecule has 3 heterocycles. The highest BCUT2D eigenvalue weighted by molar-refractivity contribution is 5.92. The van der Waals surface area contributed by atoms with E-state index in [2.05, 4.69) is 32.0 Å². The van der Waals surface area contributed by atoms with Crippen LogP contribution in [0.15, 0.2) is 36.8 Å². The summed E-state index contributed by atoms with van der Waals surface area (Å²) in [6, 6.07) is 8.19. The molecule has 2 aromatic heterocycles. The molecule has 4 rings (SSSR count).